The van der Waals surface area contributed by atoms with Gasteiger partial charge < -0.3 is 9.30 Å². The number of aryl methyl sites for hydroxylation is 3. The van der Waals surface area contributed by atoms with Gasteiger partial charge in [-0.3, -0.25) is 4.68 Å². The Morgan fingerprint density at radius 1 is 0.711 bits per heavy atom. The van der Waals surface area contributed by atoms with Gasteiger partial charge >= 0.3 is 0 Å². The summed E-state index contributed by atoms with van der Waals surface area (Å²) in [7, 11) is 0. The zero-order chi connectivity index (χ0) is 30.7. The minimum absolute atomic E-state index is 0. The summed E-state index contributed by atoms with van der Waals surface area (Å²) in [6.45, 7) is 7.32. The van der Waals surface area contributed by atoms with Gasteiger partial charge in [-0.05, 0) is 31.0 Å². The zero-order valence-corrected chi connectivity index (χ0v) is 26.3. The Bertz CT molecular complexity index is 2230. The average molecular weight is 691 g/mol. The SMILES string of the molecule is Cc1cc(Oc2[c-]c3c(cc2)c2ccccc2n3-c2[c-]ccc(C)c2)[c-]c(-n2nc(C)c(-c3c(F)cc(F)cc3F)c2C)c1.[Pd]. The number of hydrogen-bond donors (Lipinski definition) is 0. The predicted molar refractivity (Wildman–Crippen MR) is 165 cm³/mol. The Kier molecular flexibility index (Phi) is 7.90. The fourth-order valence-corrected chi connectivity index (χ4v) is 5.85. The van der Waals surface area contributed by atoms with Crippen LogP contribution in [0.25, 0.3) is 44.3 Å². The van der Waals surface area contributed by atoms with Crippen molar-refractivity contribution in [2.75, 3.05) is 0 Å². The van der Waals surface area contributed by atoms with Gasteiger partial charge in [-0.25, -0.2) is 13.2 Å². The van der Waals surface area contributed by atoms with Crippen molar-refractivity contribution in [1.29, 1.82) is 0 Å². The Balaban J connectivity index is 0.00000357. The van der Waals surface area contributed by atoms with Crippen molar-refractivity contribution in [3.63, 3.8) is 0 Å². The van der Waals surface area contributed by atoms with Crippen LogP contribution in [0, 0.1) is 63.3 Å². The molecule has 7 rings (SSSR count). The Labute approximate surface area is 272 Å². The number of halogens is 3. The van der Waals surface area contributed by atoms with E-state index in [1.807, 2.05) is 62.4 Å². The van der Waals surface area contributed by atoms with E-state index in [9.17, 15) is 13.2 Å². The van der Waals surface area contributed by atoms with Gasteiger partial charge in [0.2, 0.25) is 0 Å². The van der Waals surface area contributed by atoms with Gasteiger partial charge in [-0.15, -0.1) is 41.8 Å². The molecule has 0 aliphatic rings. The van der Waals surface area contributed by atoms with E-state index in [2.05, 4.69) is 46.1 Å². The van der Waals surface area contributed by atoms with Crippen LogP contribution in [0.4, 0.5) is 13.2 Å². The van der Waals surface area contributed by atoms with Crippen LogP contribution in [-0.4, -0.2) is 14.3 Å². The topological polar surface area (TPSA) is 32.0 Å². The fraction of sp³-hybridized carbons (Fsp3) is 0.108. The smallest absolute Gasteiger partial charge is 0.137 e. The second-order valence-corrected chi connectivity index (χ2v) is 10.9. The van der Waals surface area contributed by atoms with Crippen LogP contribution < -0.4 is 4.74 Å². The molecule has 0 radical (unpaired) electrons. The van der Waals surface area contributed by atoms with Crippen molar-refractivity contribution in [3.8, 4) is 34.0 Å². The van der Waals surface area contributed by atoms with Crippen LogP contribution >= 0.6 is 0 Å². The molecule has 228 valence electrons. The molecule has 0 atom stereocenters. The third-order valence-corrected chi connectivity index (χ3v) is 7.71. The summed E-state index contributed by atoms with van der Waals surface area (Å²) < 4.78 is 53.1. The second kappa shape index (κ2) is 11.7. The minimum Gasteiger partial charge on any atom is -0.509 e. The molecule has 4 nitrogen and oxygen atoms in total. The number of benzene rings is 5. The van der Waals surface area contributed by atoms with Crippen LogP contribution in [-0.2, 0) is 20.4 Å². The summed E-state index contributed by atoms with van der Waals surface area (Å²) in [5, 5.41) is 6.69. The van der Waals surface area contributed by atoms with Crippen LogP contribution in [0.2, 0.25) is 0 Å². The van der Waals surface area contributed by atoms with Gasteiger partial charge in [0, 0.05) is 60.8 Å². The van der Waals surface area contributed by atoms with Crippen molar-refractivity contribution in [1.82, 2.24) is 14.3 Å². The first kappa shape index (κ1) is 30.4. The molecule has 0 N–H and O–H groups in total. The Morgan fingerprint density at radius 3 is 2.20 bits per heavy atom. The number of para-hydroxylation sites is 1. The first-order chi connectivity index (χ1) is 21.2. The van der Waals surface area contributed by atoms with Gasteiger partial charge in [0.1, 0.15) is 17.5 Å². The van der Waals surface area contributed by atoms with E-state index in [4.69, 9.17) is 4.74 Å². The van der Waals surface area contributed by atoms with Crippen molar-refractivity contribution in [2.45, 2.75) is 27.7 Å². The van der Waals surface area contributed by atoms with Crippen LogP contribution in [0.15, 0.2) is 78.9 Å². The first-order valence-electron chi connectivity index (χ1n) is 14.1. The van der Waals surface area contributed by atoms with E-state index >= 15 is 0 Å². The van der Waals surface area contributed by atoms with Gasteiger partial charge in [-0.2, -0.15) is 40.5 Å². The molecule has 0 amide bonds. The largest absolute Gasteiger partial charge is 0.509 e. The molecule has 0 unspecified atom stereocenters. The maximum Gasteiger partial charge on any atom is 0.137 e. The normalized spacial score (nSPS) is 11.3. The molecule has 0 bridgehead atoms. The summed E-state index contributed by atoms with van der Waals surface area (Å²) in [6, 6.07) is 33.2. The zero-order valence-electron chi connectivity index (χ0n) is 24.7. The first-order valence-corrected chi connectivity index (χ1v) is 14.1. The van der Waals surface area contributed by atoms with E-state index in [0.717, 1.165) is 38.6 Å². The molecule has 2 heterocycles. The van der Waals surface area contributed by atoms with Crippen LogP contribution in [0.1, 0.15) is 22.5 Å². The molecular weight excluding hydrogens is 666 g/mol. The summed E-state index contributed by atoms with van der Waals surface area (Å²) in [5.41, 5.74) is 6.13. The molecule has 0 saturated carbocycles. The fourth-order valence-electron chi connectivity index (χ4n) is 5.85. The Hall–Kier alpha value is -4.64. The quantitative estimate of drug-likeness (QED) is 0.133. The van der Waals surface area contributed by atoms with E-state index < -0.39 is 17.5 Å². The standard InChI is InChI=1S/C37H25F3N3O.Pd/c1-21-8-7-9-26(14-21)42-34-11-6-5-10-30(34)31-13-12-28(20-35(31)42)44-29-16-22(2)15-27(19-29)43-24(4)36(23(3)41-43)37-32(39)17-25(38)18-33(37)40;/h5-8,10-18H,1-4H3;/q-3;. The molecule has 0 fully saturated rings. The Morgan fingerprint density at radius 2 is 1.44 bits per heavy atom. The number of rotatable bonds is 5. The van der Waals surface area contributed by atoms with E-state index in [1.165, 1.54) is 0 Å². The minimum atomic E-state index is -0.989. The van der Waals surface area contributed by atoms with Crippen molar-refractivity contribution < 1.29 is 38.3 Å². The van der Waals surface area contributed by atoms with Crippen molar-refractivity contribution >= 4 is 21.8 Å². The second-order valence-electron chi connectivity index (χ2n) is 10.9. The number of ether oxygens (including phenoxy) is 1. The molecule has 0 saturated heterocycles. The number of fused-ring (bicyclic) bond motifs is 3. The molecule has 2 aromatic heterocycles. The number of aromatic nitrogens is 3. The van der Waals surface area contributed by atoms with Crippen molar-refractivity contribution in [2.24, 2.45) is 0 Å². The maximum atomic E-state index is 14.7. The molecule has 0 aliphatic heterocycles. The molecular formula is C37H25F3N3OPd-3. The van der Waals surface area contributed by atoms with Crippen molar-refractivity contribution in [3.05, 3.63) is 137 Å². The van der Waals surface area contributed by atoms with E-state index in [1.54, 1.807) is 18.5 Å². The van der Waals surface area contributed by atoms with Gasteiger partial charge in [0.25, 0.3) is 0 Å². The predicted octanol–water partition coefficient (Wildman–Crippen LogP) is 9.48. The maximum absolute atomic E-state index is 14.7. The summed E-state index contributed by atoms with van der Waals surface area (Å²) in [4.78, 5) is 0. The molecule has 7 aromatic rings. The van der Waals surface area contributed by atoms with Gasteiger partial charge in [0.05, 0.1) is 11.3 Å². The molecule has 0 aliphatic carbocycles. The van der Waals surface area contributed by atoms with Crippen LogP contribution in [0.5, 0.6) is 11.5 Å². The van der Waals surface area contributed by atoms with E-state index in [-0.39, 0.29) is 31.5 Å². The van der Waals surface area contributed by atoms with Gasteiger partial charge in [0.15, 0.2) is 0 Å². The third-order valence-electron chi connectivity index (χ3n) is 7.71. The number of nitrogens with zero attached hydrogens (tertiary/aromatic N) is 3. The summed E-state index contributed by atoms with van der Waals surface area (Å²) in [5.74, 6) is -2.04. The molecule has 0 spiro atoms. The van der Waals surface area contributed by atoms with Gasteiger partial charge in [-0.1, -0.05) is 43.3 Å². The summed E-state index contributed by atoms with van der Waals surface area (Å²) in [6.07, 6.45) is 0. The summed E-state index contributed by atoms with van der Waals surface area (Å²) >= 11 is 0. The number of hydrogen-bond acceptors (Lipinski definition) is 2. The van der Waals surface area contributed by atoms with E-state index in [0.29, 0.717) is 40.7 Å². The average Bonchev–Trinajstić information content (AvgIpc) is 3.45. The molecule has 45 heavy (non-hydrogen) atoms. The monoisotopic (exact) mass is 690 g/mol. The molecule has 5 aromatic carbocycles. The third kappa shape index (κ3) is 5.35. The molecule has 8 heteroatoms. The van der Waals surface area contributed by atoms with Crippen LogP contribution in [0.3, 0.4) is 0 Å².